The molecule has 0 aliphatic carbocycles. The van der Waals surface area contributed by atoms with Crippen LogP contribution >= 0.6 is 24.0 Å². The molecule has 0 unspecified atom stereocenters. The van der Waals surface area contributed by atoms with Crippen molar-refractivity contribution in [2.45, 2.75) is 39.8 Å². The molecule has 0 atom stereocenters. The van der Waals surface area contributed by atoms with Gasteiger partial charge in [0, 0.05) is 17.6 Å². The number of nitrogens with zero attached hydrogens (tertiary/aromatic N) is 1. The van der Waals surface area contributed by atoms with Crippen molar-refractivity contribution in [3.8, 4) is 5.75 Å². The van der Waals surface area contributed by atoms with Crippen molar-refractivity contribution in [2.24, 2.45) is 4.99 Å². The van der Waals surface area contributed by atoms with E-state index in [0.717, 1.165) is 17.9 Å². The summed E-state index contributed by atoms with van der Waals surface area (Å²) in [5.74, 6) is 1.49. The molecule has 0 bridgehead atoms. The van der Waals surface area contributed by atoms with Gasteiger partial charge in [0.05, 0.1) is 13.1 Å². The van der Waals surface area contributed by atoms with E-state index in [1.165, 1.54) is 0 Å². The van der Waals surface area contributed by atoms with Crippen molar-refractivity contribution in [1.82, 2.24) is 16.0 Å². The number of carbonyl (C=O) groups is 1. The monoisotopic (exact) mass is 524 g/mol. The number of hydrogen-bond donors (Lipinski definition) is 3. The Bertz CT molecular complexity index is 804. The first-order valence-electron chi connectivity index (χ1n) is 9.99. The van der Waals surface area contributed by atoms with Crippen molar-refractivity contribution in [3.05, 3.63) is 65.7 Å². The van der Waals surface area contributed by atoms with Crippen LogP contribution in [0.25, 0.3) is 0 Å². The molecule has 0 heterocycles. The Labute approximate surface area is 196 Å². The van der Waals surface area contributed by atoms with Crippen molar-refractivity contribution >= 4 is 35.8 Å². The Morgan fingerprint density at radius 3 is 2.43 bits per heavy atom. The third kappa shape index (κ3) is 9.96. The zero-order chi connectivity index (χ0) is 21.1. The van der Waals surface area contributed by atoms with Gasteiger partial charge in [-0.15, -0.1) is 24.0 Å². The van der Waals surface area contributed by atoms with Crippen LogP contribution in [0.4, 0.5) is 0 Å². The summed E-state index contributed by atoms with van der Waals surface area (Å²) in [7, 11) is 0. The highest BCUT2D eigenvalue weighted by Crippen LogP contribution is 2.09. The van der Waals surface area contributed by atoms with Crippen LogP contribution in [0.5, 0.6) is 5.75 Å². The van der Waals surface area contributed by atoms with E-state index in [9.17, 15) is 4.79 Å². The summed E-state index contributed by atoms with van der Waals surface area (Å²) >= 11 is 0. The zero-order valence-corrected chi connectivity index (χ0v) is 20.5. The van der Waals surface area contributed by atoms with Gasteiger partial charge in [-0.1, -0.05) is 30.3 Å². The van der Waals surface area contributed by atoms with Gasteiger partial charge in [-0.25, -0.2) is 4.99 Å². The first-order chi connectivity index (χ1) is 13.9. The summed E-state index contributed by atoms with van der Waals surface area (Å²) in [4.78, 5) is 17.0. The van der Waals surface area contributed by atoms with Gasteiger partial charge >= 0.3 is 0 Å². The molecule has 1 amide bonds. The maximum atomic E-state index is 12.4. The molecule has 3 N–H and O–H groups in total. The van der Waals surface area contributed by atoms with Gasteiger partial charge in [-0.3, -0.25) is 4.79 Å². The average molecular weight is 524 g/mol. The number of ether oxygens (including phenoxy) is 1. The highest BCUT2D eigenvalue weighted by molar-refractivity contribution is 14.0. The Morgan fingerprint density at radius 1 is 1.03 bits per heavy atom. The molecule has 2 aromatic rings. The molecule has 0 aromatic heterocycles. The van der Waals surface area contributed by atoms with Crippen LogP contribution in [0.1, 0.15) is 43.6 Å². The minimum atomic E-state index is -0.269. The quantitative estimate of drug-likeness (QED) is 0.212. The summed E-state index contributed by atoms with van der Waals surface area (Å²) in [5.41, 5.74) is 1.35. The van der Waals surface area contributed by atoms with Crippen LogP contribution in [-0.2, 0) is 6.54 Å². The number of amides is 1. The summed E-state index contributed by atoms with van der Waals surface area (Å²) < 4.78 is 5.69. The summed E-state index contributed by atoms with van der Waals surface area (Å²) in [5, 5.41) is 9.47. The van der Waals surface area contributed by atoms with Gasteiger partial charge < -0.3 is 20.7 Å². The summed E-state index contributed by atoms with van der Waals surface area (Å²) in [6, 6.07) is 17.3. The minimum Gasteiger partial charge on any atom is -0.492 e. The second-order valence-electron chi connectivity index (χ2n) is 7.69. The fourth-order valence-corrected chi connectivity index (χ4v) is 2.59. The molecule has 7 heteroatoms. The molecule has 164 valence electrons. The van der Waals surface area contributed by atoms with Gasteiger partial charge in [0.15, 0.2) is 5.96 Å². The average Bonchev–Trinajstić information content (AvgIpc) is 2.69. The molecule has 0 fully saturated rings. The van der Waals surface area contributed by atoms with Crippen molar-refractivity contribution < 1.29 is 9.53 Å². The third-order valence-electron chi connectivity index (χ3n) is 3.85. The van der Waals surface area contributed by atoms with Crippen LogP contribution in [0.3, 0.4) is 0 Å². The number of carbonyl (C=O) groups excluding carboxylic acids is 1. The van der Waals surface area contributed by atoms with E-state index in [2.05, 4.69) is 20.9 Å². The number of halogens is 1. The van der Waals surface area contributed by atoms with Gasteiger partial charge in [-0.2, -0.15) is 0 Å². The molecule has 0 saturated carbocycles. The van der Waals surface area contributed by atoms with E-state index in [-0.39, 0.29) is 35.4 Å². The highest BCUT2D eigenvalue weighted by atomic mass is 127. The van der Waals surface area contributed by atoms with Crippen LogP contribution in [-0.4, -0.2) is 37.1 Å². The number of benzene rings is 2. The lowest BCUT2D eigenvalue weighted by atomic mass is 10.1. The fourth-order valence-electron chi connectivity index (χ4n) is 2.59. The molecule has 0 aliphatic heterocycles. The van der Waals surface area contributed by atoms with Crippen LogP contribution in [0.2, 0.25) is 0 Å². The fraction of sp³-hybridized carbons (Fsp3) is 0.391. The summed E-state index contributed by atoms with van der Waals surface area (Å²) in [6.07, 6.45) is 0. The van der Waals surface area contributed by atoms with Crippen LogP contribution < -0.4 is 20.7 Å². The zero-order valence-electron chi connectivity index (χ0n) is 18.2. The number of guanidine groups is 1. The number of hydrogen-bond acceptors (Lipinski definition) is 3. The van der Waals surface area contributed by atoms with Gasteiger partial charge in [0.1, 0.15) is 12.4 Å². The Hall–Kier alpha value is -2.29. The lowest BCUT2D eigenvalue weighted by molar-refractivity contribution is 0.0919. The number of para-hydroxylation sites is 1. The molecule has 0 aliphatic rings. The number of aliphatic imine (C=N–C) groups is 1. The molecule has 0 saturated heterocycles. The van der Waals surface area contributed by atoms with Gasteiger partial charge in [0.25, 0.3) is 5.91 Å². The predicted octanol–water partition coefficient (Wildman–Crippen LogP) is 3.97. The Morgan fingerprint density at radius 2 is 1.77 bits per heavy atom. The molecular formula is C23H33IN4O2. The molecule has 2 aromatic carbocycles. The SMILES string of the molecule is CCNC(=NCc1cccc(C(=O)NC(C)(C)C)c1)NCCOc1ccccc1.I. The largest absolute Gasteiger partial charge is 0.492 e. The Balaban J connectivity index is 0.00000450. The smallest absolute Gasteiger partial charge is 0.251 e. The van der Waals surface area contributed by atoms with Crippen molar-refractivity contribution in [1.29, 1.82) is 0 Å². The number of nitrogens with one attached hydrogen (secondary N) is 3. The molecule has 30 heavy (non-hydrogen) atoms. The third-order valence-corrected chi connectivity index (χ3v) is 3.85. The highest BCUT2D eigenvalue weighted by Gasteiger charge is 2.15. The van der Waals surface area contributed by atoms with Crippen molar-refractivity contribution in [3.63, 3.8) is 0 Å². The normalized spacial score (nSPS) is 11.3. The molecule has 0 spiro atoms. The summed E-state index contributed by atoms with van der Waals surface area (Å²) in [6.45, 7) is 10.3. The van der Waals surface area contributed by atoms with E-state index in [1.54, 1.807) is 0 Å². The second-order valence-corrected chi connectivity index (χ2v) is 7.69. The van der Waals surface area contributed by atoms with E-state index in [0.29, 0.717) is 31.2 Å². The van der Waals surface area contributed by atoms with Crippen LogP contribution in [0, 0.1) is 0 Å². The topological polar surface area (TPSA) is 74.8 Å². The van der Waals surface area contributed by atoms with E-state index in [1.807, 2.05) is 82.3 Å². The maximum Gasteiger partial charge on any atom is 0.251 e. The minimum absolute atomic E-state index is 0. The van der Waals surface area contributed by atoms with E-state index >= 15 is 0 Å². The molecule has 6 nitrogen and oxygen atoms in total. The molecular weight excluding hydrogens is 491 g/mol. The first kappa shape index (κ1) is 25.7. The lowest BCUT2D eigenvalue weighted by Gasteiger charge is -2.20. The maximum absolute atomic E-state index is 12.4. The van der Waals surface area contributed by atoms with Crippen molar-refractivity contribution in [2.75, 3.05) is 19.7 Å². The molecule has 0 radical (unpaired) electrons. The van der Waals surface area contributed by atoms with Crippen LogP contribution in [0.15, 0.2) is 59.6 Å². The second kappa shape index (κ2) is 13.1. The van der Waals surface area contributed by atoms with E-state index < -0.39 is 0 Å². The molecule has 2 rings (SSSR count). The van der Waals surface area contributed by atoms with Gasteiger partial charge in [-0.05, 0) is 57.5 Å². The lowest BCUT2D eigenvalue weighted by Crippen LogP contribution is -2.40. The Kier molecular flexibility index (Phi) is 11.2. The van der Waals surface area contributed by atoms with Gasteiger partial charge in [0.2, 0.25) is 0 Å². The standard InChI is InChI=1S/C23H32N4O2.HI/c1-5-24-22(25-14-15-29-20-12-7-6-8-13-20)26-17-18-10-9-11-19(16-18)21(28)27-23(2,3)4;/h6-13,16H,5,14-15,17H2,1-4H3,(H,27,28)(H2,24,25,26);1H. The predicted molar refractivity (Wildman–Crippen MR) is 134 cm³/mol. The number of rotatable bonds is 8. The van der Waals surface area contributed by atoms with E-state index in [4.69, 9.17) is 4.74 Å². The first-order valence-corrected chi connectivity index (χ1v) is 9.99.